The minimum atomic E-state index is 1.14. The van der Waals surface area contributed by atoms with Crippen LogP contribution >= 0.6 is 0 Å². The van der Waals surface area contributed by atoms with Gasteiger partial charge in [0.25, 0.3) is 0 Å². The van der Waals surface area contributed by atoms with Crippen LogP contribution in [-0.4, -0.2) is 4.98 Å². The van der Waals surface area contributed by atoms with Crippen molar-refractivity contribution in [3.05, 3.63) is 48.3 Å². The number of H-pyrrole nitrogens is 1. The molecular formula is C13H21N. The average Bonchev–Trinajstić information content (AvgIpc) is 2.78. The van der Waals surface area contributed by atoms with E-state index in [9.17, 15) is 0 Å². The zero-order valence-corrected chi connectivity index (χ0v) is 9.46. The van der Waals surface area contributed by atoms with Gasteiger partial charge in [-0.3, -0.25) is 0 Å². The highest BCUT2D eigenvalue weighted by atomic mass is 14.6. The smallest absolute Gasteiger partial charge is 0.000496 e. The molecule has 0 spiro atoms. The van der Waals surface area contributed by atoms with Crippen LogP contribution in [0.1, 0.15) is 33.6 Å². The van der Waals surface area contributed by atoms with E-state index in [0.717, 1.165) is 12.8 Å². The maximum absolute atomic E-state index is 2.86. The van der Waals surface area contributed by atoms with Crippen molar-refractivity contribution >= 4 is 0 Å². The predicted molar refractivity (Wildman–Crippen MR) is 64.3 cm³/mol. The van der Waals surface area contributed by atoms with Crippen molar-refractivity contribution in [2.45, 2.75) is 33.6 Å². The molecule has 0 atom stereocenters. The predicted octanol–water partition coefficient (Wildman–Crippen LogP) is 4.32. The van der Waals surface area contributed by atoms with E-state index in [2.05, 4.69) is 44.0 Å². The normalized spacial score (nSPS) is 11.2. The summed E-state index contributed by atoms with van der Waals surface area (Å²) in [6.45, 7) is 6.41. The van der Waals surface area contributed by atoms with Crippen LogP contribution in [0.15, 0.2) is 48.3 Å². The molecule has 0 unspecified atom stereocenters. The van der Waals surface area contributed by atoms with Gasteiger partial charge in [-0.05, 0) is 31.9 Å². The van der Waals surface area contributed by atoms with Gasteiger partial charge in [0.2, 0.25) is 0 Å². The lowest BCUT2D eigenvalue weighted by Crippen LogP contribution is -1.70. The van der Waals surface area contributed by atoms with Crippen molar-refractivity contribution in [3.63, 3.8) is 0 Å². The summed E-state index contributed by atoms with van der Waals surface area (Å²) in [6, 6.07) is 3.89. The van der Waals surface area contributed by atoms with E-state index in [1.165, 1.54) is 5.57 Å². The number of nitrogens with one attached hydrogen (secondary N) is 1. The highest BCUT2D eigenvalue weighted by Gasteiger charge is 1.80. The lowest BCUT2D eigenvalue weighted by Gasteiger charge is -1.91. The van der Waals surface area contributed by atoms with E-state index in [0.29, 0.717) is 0 Å². The minimum absolute atomic E-state index is 1.14. The topological polar surface area (TPSA) is 15.8 Å². The first-order valence-electron chi connectivity index (χ1n) is 5.24. The monoisotopic (exact) mass is 191 g/mol. The Labute approximate surface area is 87.6 Å². The highest BCUT2D eigenvalue weighted by Crippen LogP contribution is 2.01. The number of hydrogen-bond donors (Lipinski definition) is 1. The van der Waals surface area contributed by atoms with Crippen LogP contribution in [0, 0.1) is 0 Å². The molecule has 0 saturated heterocycles. The van der Waals surface area contributed by atoms with E-state index in [1.807, 2.05) is 24.5 Å². The summed E-state index contributed by atoms with van der Waals surface area (Å²) in [5.41, 5.74) is 1.43. The van der Waals surface area contributed by atoms with Crippen LogP contribution in [0.3, 0.4) is 0 Å². The molecule has 1 aromatic heterocycles. The van der Waals surface area contributed by atoms with Crippen molar-refractivity contribution in [3.8, 4) is 0 Å². The molecule has 1 N–H and O–H groups in total. The van der Waals surface area contributed by atoms with E-state index in [4.69, 9.17) is 0 Å². The van der Waals surface area contributed by atoms with Crippen molar-refractivity contribution in [2.24, 2.45) is 0 Å². The second-order valence-electron chi connectivity index (χ2n) is 2.91. The molecule has 0 aromatic carbocycles. The number of rotatable bonds is 3. The Hall–Kier alpha value is -1.24. The molecule has 14 heavy (non-hydrogen) atoms. The van der Waals surface area contributed by atoms with Gasteiger partial charge >= 0.3 is 0 Å². The van der Waals surface area contributed by atoms with E-state index >= 15 is 0 Å². The fourth-order valence-electron chi connectivity index (χ4n) is 0.965. The Morgan fingerprint density at radius 3 is 2.14 bits per heavy atom. The molecule has 1 aromatic rings. The Kier molecular flexibility index (Phi) is 8.97. The van der Waals surface area contributed by atoms with Gasteiger partial charge in [0.1, 0.15) is 0 Å². The quantitative estimate of drug-likeness (QED) is 0.685. The van der Waals surface area contributed by atoms with Crippen molar-refractivity contribution in [2.75, 3.05) is 0 Å². The third-order valence-corrected chi connectivity index (χ3v) is 1.84. The second-order valence-corrected chi connectivity index (χ2v) is 2.91. The fraction of sp³-hybridized carbons (Fsp3) is 0.385. The second kappa shape index (κ2) is 9.85. The van der Waals surface area contributed by atoms with Gasteiger partial charge in [-0.2, -0.15) is 0 Å². The summed E-state index contributed by atoms with van der Waals surface area (Å²) in [5, 5.41) is 0. The van der Waals surface area contributed by atoms with Gasteiger partial charge in [0, 0.05) is 12.4 Å². The molecule has 0 aliphatic rings. The summed E-state index contributed by atoms with van der Waals surface area (Å²) >= 11 is 0. The van der Waals surface area contributed by atoms with Crippen LogP contribution in [0.4, 0.5) is 0 Å². The van der Waals surface area contributed by atoms with Gasteiger partial charge in [0.15, 0.2) is 0 Å². The maximum Gasteiger partial charge on any atom is 0.000496 e. The Balaban J connectivity index is 0.000000280. The average molecular weight is 191 g/mol. The van der Waals surface area contributed by atoms with Gasteiger partial charge in [-0.1, -0.05) is 37.6 Å². The van der Waals surface area contributed by atoms with Crippen LogP contribution in [-0.2, 0) is 0 Å². The number of aromatic amines is 1. The van der Waals surface area contributed by atoms with E-state index in [-0.39, 0.29) is 0 Å². The molecule has 1 rings (SSSR count). The Bertz CT molecular complexity index is 225. The molecule has 1 heteroatoms. The Morgan fingerprint density at radius 1 is 1.21 bits per heavy atom. The minimum Gasteiger partial charge on any atom is -0.368 e. The van der Waals surface area contributed by atoms with Crippen LogP contribution < -0.4 is 0 Å². The lowest BCUT2D eigenvalue weighted by atomic mass is 10.2. The van der Waals surface area contributed by atoms with Gasteiger partial charge in [0.05, 0.1) is 0 Å². The molecule has 0 aliphatic heterocycles. The molecule has 0 radical (unpaired) electrons. The lowest BCUT2D eigenvalue weighted by molar-refractivity contribution is 1.13. The largest absolute Gasteiger partial charge is 0.368 e. The van der Waals surface area contributed by atoms with Gasteiger partial charge < -0.3 is 4.98 Å². The maximum atomic E-state index is 2.86. The standard InChI is InChI=1S/C9H16.C4H5N/c1-4-7-8-9(5-2)6-3;1-2-4-5-3-1/h5,7-8H,4,6H2,1-3H3;1-5H. The highest BCUT2D eigenvalue weighted by molar-refractivity contribution is 5.16. The van der Waals surface area contributed by atoms with Crippen LogP contribution in [0.2, 0.25) is 0 Å². The molecule has 78 valence electrons. The zero-order chi connectivity index (χ0) is 10.6. The molecule has 1 heterocycles. The third kappa shape index (κ3) is 7.41. The molecule has 1 nitrogen and oxygen atoms in total. The zero-order valence-electron chi connectivity index (χ0n) is 9.46. The molecule has 0 bridgehead atoms. The Morgan fingerprint density at radius 2 is 1.86 bits per heavy atom. The summed E-state index contributed by atoms with van der Waals surface area (Å²) in [6.07, 6.45) is 12.6. The van der Waals surface area contributed by atoms with Gasteiger partial charge in [-0.25, -0.2) is 0 Å². The summed E-state index contributed by atoms with van der Waals surface area (Å²) in [5.74, 6) is 0. The number of hydrogen-bond acceptors (Lipinski definition) is 0. The van der Waals surface area contributed by atoms with E-state index in [1.54, 1.807) is 0 Å². The van der Waals surface area contributed by atoms with Gasteiger partial charge in [-0.15, -0.1) is 0 Å². The molecular weight excluding hydrogens is 170 g/mol. The van der Waals surface area contributed by atoms with E-state index < -0.39 is 0 Å². The van der Waals surface area contributed by atoms with Crippen LogP contribution in [0.5, 0.6) is 0 Å². The van der Waals surface area contributed by atoms with Crippen molar-refractivity contribution in [1.29, 1.82) is 0 Å². The molecule has 0 fully saturated rings. The summed E-state index contributed by atoms with van der Waals surface area (Å²) in [4.78, 5) is 2.86. The van der Waals surface area contributed by atoms with Crippen LogP contribution in [0.25, 0.3) is 0 Å². The molecule has 0 aliphatic carbocycles. The first-order valence-corrected chi connectivity index (χ1v) is 5.24. The third-order valence-electron chi connectivity index (χ3n) is 1.84. The number of aromatic nitrogens is 1. The fourth-order valence-corrected chi connectivity index (χ4v) is 0.965. The van der Waals surface area contributed by atoms with Crippen molar-refractivity contribution < 1.29 is 0 Å². The first kappa shape index (κ1) is 12.8. The molecule has 0 saturated carbocycles. The summed E-state index contributed by atoms with van der Waals surface area (Å²) < 4.78 is 0. The SMILES string of the molecule is CC=C(C=CCC)CC.c1cc[nH]c1. The number of allylic oxidation sites excluding steroid dienone is 4. The summed E-state index contributed by atoms with van der Waals surface area (Å²) in [7, 11) is 0. The van der Waals surface area contributed by atoms with Crippen molar-refractivity contribution in [1.82, 2.24) is 4.98 Å². The first-order chi connectivity index (χ1) is 6.85. The molecule has 0 amide bonds.